The first kappa shape index (κ1) is 15.2. The third kappa shape index (κ3) is 4.17. The lowest BCUT2D eigenvalue weighted by Gasteiger charge is -2.20. The second kappa shape index (κ2) is 7.06. The van der Waals surface area contributed by atoms with Gasteiger partial charge in [-0.25, -0.2) is 0 Å². The van der Waals surface area contributed by atoms with Crippen molar-refractivity contribution < 1.29 is 4.79 Å². The average molecular weight is 324 g/mol. The van der Waals surface area contributed by atoms with Crippen LogP contribution >= 0.6 is 23.4 Å². The number of hydrogen-bond donors (Lipinski definition) is 1. The largest absolute Gasteiger partial charge is 0.355 e. The lowest BCUT2D eigenvalue weighted by molar-refractivity contribution is -0.122. The summed E-state index contributed by atoms with van der Waals surface area (Å²) in [5.74, 6) is 3.57. The summed E-state index contributed by atoms with van der Waals surface area (Å²) in [4.78, 5) is 13.2. The minimum atomic E-state index is 0.240. The predicted molar refractivity (Wildman–Crippen MR) is 88.7 cm³/mol. The molecule has 4 heteroatoms. The van der Waals surface area contributed by atoms with Crippen molar-refractivity contribution in [2.45, 2.75) is 37.0 Å². The van der Waals surface area contributed by atoms with Crippen LogP contribution in [0, 0.1) is 17.8 Å². The van der Waals surface area contributed by atoms with E-state index in [-0.39, 0.29) is 5.91 Å². The second-order valence-electron chi connectivity index (χ2n) is 6.29. The minimum absolute atomic E-state index is 0.240. The van der Waals surface area contributed by atoms with Crippen molar-refractivity contribution in [3.05, 3.63) is 29.3 Å². The molecule has 3 atom stereocenters. The topological polar surface area (TPSA) is 29.1 Å². The Balaban J connectivity index is 1.32. The van der Waals surface area contributed by atoms with E-state index >= 15 is 0 Å². The molecular weight excluding hydrogens is 302 g/mol. The fourth-order valence-corrected chi connectivity index (χ4v) is 4.72. The number of halogens is 1. The van der Waals surface area contributed by atoms with Crippen molar-refractivity contribution in [2.24, 2.45) is 17.8 Å². The molecule has 2 bridgehead atoms. The van der Waals surface area contributed by atoms with Gasteiger partial charge in [0.1, 0.15) is 0 Å². The Labute approximate surface area is 136 Å². The van der Waals surface area contributed by atoms with Gasteiger partial charge in [0, 0.05) is 28.6 Å². The standard InChI is InChI=1S/C17H22ClNOS/c18-15-3-5-16(6-4-15)21-8-7-19-17(20)11-14-10-12-1-2-13(14)9-12/h3-6,12-14H,1-2,7-11H2,(H,19,20)/t12-,13-,14-/m0/s1. The third-order valence-electron chi connectivity index (χ3n) is 4.84. The van der Waals surface area contributed by atoms with Crippen LogP contribution in [0.1, 0.15) is 32.1 Å². The minimum Gasteiger partial charge on any atom is -0.355 e. The molecule has 0 spiro atoms. The molecular formula is C17H22ClNOS. The fraction of sp³-hybridized carbons (Fsp3) is 0.588. The van der Waals surface area contributed by atoms with Crippen LogP contribution in [-0.2, 0) is 4.79 Å². The van der Waals surface area contributed by atoms with Gasteiger partial charge in [-0.05, 0) is 61.3 Å². The van der Waals surface area contributed by atoms with Crippen molar-refractivity contribution in [1.82, 2.24) is 5.32 Å². The predicted octanol–water partition coefficient (Wildman–Crippen LogP) is 4.37. The highest BCUT2D eigenvalue weighted by Gasteiger charge is 2.39. The average Bonchev–Trinajstić information content (AvgIpc) is 3.08. The number of benzene rings is 1. The van der Waals surface area contributed by atoms with E-state index in [2.05, 4.69) is 5.32 Å². The van der Waals surface area contributed by atoms with Crippen LogP contribution in [0.2, 0.25) is 5.02 Å². The summed E-state index contributed by atoms with van der Waals surface area (Å²) < 4.78 is 0. The molecule has 0 radical (unpaired) electrons. The van der Waals surface area contributed by atoms with E-state index in [4.69, 9.17) is 11.6 Å². The number of nitrogens with one attached hydrogen (secondary N) is 1. The van der Waals surface area contributed by atoms with E-state index in [0.717, 1.165) is 35.6 Å². The highest BCUT2D eigenvalue weighted by atomic mass is 35.5. The van der Waals surface area contributed by atoms with E-state index in [9.17, 15) is 4.79 Å². The first-order chi connectivity index (χ1) is 10.2. The van der Waals surface area contributed by atoms with Crippen LogP contribution in [0.4, 0.5) is 0 Å². The number of carbonyl (C=O) groups is 1. The van der Waals surface area contributed by atoms with E-state index in [1.54, 1.807) is 11.8 Å². The molecule has 2 fully saturated rings. The smallest absolute Gasteiger partial charge is 0.220 e. The van der Waals surface area contributed by atoms with Crippen molar-refractivity contribution in [1.29, 1.82) is 0 Å². The lowest BCUT2D eigenvalue weighted by atomic mass is 9.86. The molecule has 2 aliphatic rings. The van der Waals surface area contributed by atoms with E-state index in [0.29, 0.717) is 5.92 Å². The van der Waals surface area contributed by atoms with Gasteiger partial charge in [-0.1, -0.05) is 18.0 Å². The maximum Gasteiger partial charge on any atom is 0.220 e. The molecule has 114 valence electrons. The van der Waals surface area contributed by atoms with Crippen LogP contribution in [0.3, 0.4) is 0 Å². The maximum absolute atomic E-state index is 12.0. The van der Waals surface area contributed by atoms with Gasteiger partial charge in [0.25, 0.3) is 0 Å². The summed E-state index contributed by atoms with van der Waals surface area (Å²) in [6, 6.07) is 7.84. The maximum atomic E-state index is 12.0. The van der Waals surface area contributed by atoms with E-state index in [1.807, 2.05) is 24.3 Å². The molecule has 3 rings (SSSR count). The second-order valence-corrected chi connectivity index (χ2v) is 7.90. The molecule has 2 aliphatic carbocycles. The van der Waals surface area contributed by atoms with Crippen LogP contribution < -0.4 is 5.32 Å². The zero-order valence-electron chi connectivity index (χ0n) is 12.2. The summed E-state index contributed by atoms with van der Waals surface area (Å²) >= 11 is 7.61. The molecule has 21 heavy (non-hydrogen) atoms. The molecule has 0 saturated heterocycles. The van der Waals surface area contributed by atoms with Crippen molar-refractivity contribution in [3.8, 4) is 0 Å². The summed E-state index contributed by atoms with van der Waals surface area (Å²) in [7, 11) is 0. The van der Waals surface area contributed by atoms with Crippen LogP contribution in [-0.4, -0.2) is 18.2 Å². The van der Waals surface area contributed by atoms with E-state index < -0.39 is 0 Å². The molecule has 0 aliphatic heterocycles. The molecule has 0 aromatic heterocycles. The molecule has 1 amide bonds. The molecule has 0 unspecified atom stereocenters. The normalized spacial score (nSPS) is 27.0. The summed E-state index contributed by atoms with van der Waals surface area (Å²) in [5.41, 5.74) is 0. The monoisotopic (exact) mass is 323 g/mol. The zero-order chi connectivity index (χ0) is 14.7. The fourth-order valence-electron chi connectivity index (χ4n) is 3.83. The first-order valence-electron chi connectivity index (χ1n) is 7.86. The van der Waals surface area contributed by atoms with Gasteiger partial charge in [0.15, 0.2) is 0 Å². The molecule has 2 nitrogen and oxygen atoms in total. The number of hydrogen-bond acceptors (Lipinski definition) is 2. The molecule has 2 saturated carbocycles. The Morgan fingerprint density at radius 1 is 1.24 bits per heavy atom. The Bertz CT molecular complexity index is 490. The van der Waals surface area contributed by atoms with Crippen molar-refractivity contribution in [3.63, 3.8) is 0 Å². The summed E-state index contributed by atoms with van der Waals surface area (Å²) in [5, 5.41) is 3.83. The molecule has 1 N–H and O–H groups in total. The van der Waals surface area contributed by atoms with Gasteiger partial charge >= 0.3 is 0 Å². The third-order valence-corrected chi connectivity index (χ3v) is 6.10. The lowest BCUT2D eigenvalue weighted by Crippen LogP contribution is -2.29. The number of rotatable bonds is 6. The van der Waals surface area contributed by atoms with Gasteiger partial charge in [0.2, 0.25) is 5.91 Å². The van der Waals surface area contributed by atoms with Gasteiger partial charge in [-0.2, -0.15) is 0 Å². The highest BCUT2D eigenvalue weighted by Crippen LogP contribution is 2.49. The Morgan fingerprint density at radius 2 is 2.05 bits per heavy atom. The van der Waals surface area contributed by atoms with Gasteiger partial charge in [0.05, 0.1) is 0 Å². The first-order valence-corrected chi connectivity index (χ1v) is 9.22. The number of fused-ring (bicyclic) bond motifs is 2. The van der Waals surface area contributed by atoms with Crippen LogP contribution in [0.5, 0.6) is 0 Å². The molecule has 1 aromatic rings. The summed E-state index contributed by atoms with van der Waals surface area (Å²) in [6.07, 6.45) is 6.17. The number of amides is 1. The van der Waals surface area contributed by atoms with Crippen molar-refractivity contribution in [2.75, 3.05) is 12.3 Å². The SMILES string of the molecule is O=C(C[C@@H]1C[C@H]2CC[C@H]1C2)NCCSc1ccc(Cl)cc1. The highest BCUT2D eigenvalue weighted by molar-refractivity contribution is 7.99. The van der Waals surface area contributed by atoms with Crippen molar-refractivity contribution >= 4 is 29.3 Å². The van der Waals surface area contributed by atoms with Gasteiger partial charge in [-0.15, -0.1) is 11.8 Å². The Kier molecular flexibility index (Phi) is 5.12. The Morgan fingerprint density at radius 3 is 2.71 bits per heavy atom. The van der Waals surface area contributed by atoms with Gasteiger partial charge < -0.3 is 5.32 Å². The van der Waals surface area contributed by atoms with Crippen LogP contribution in [0.25, 0.3) is 0 Å². The number of carbonyl (C=O) groups excluding carboxylic acids is 1. The van der Waals surface area contributed by atoms with Gasteiger partial charge in [-0.3, -0.25) is 4.79 Å². The molecule has 0 heterocycles. The summed E-state index contributed by atoms with van der Waals surface area (Å²) in [6.45, 7) is 0.743. The molecule has 1 aromatic carbocycles. The van der Waals surface area contributed by atoms with Crippen LogP contribution in [0.15, 0.2) is 29.2 Å². The zero-order valence-corrected chi connectivity index (χ0v) is 13.8. The quantitative estimate of drug-likeness (QED) is 0.622. The Hall–Kier alpha value is -0.670. The van der Waals surface area contributed by atoms with E-state index in [1.165, 1.54) is 30.6 Å². The number of thioether (sulfide) groups is 1.